The quantitative estimate of drug-likeness (QED) is 0.889. The highest BCUT2D eigenvalue weighted by atomic mass is 32.2. The van der Waals surface area contributed by atoms with Crippen LogP contribution in [0.3, 0.4) is 0 Å². The summed E-state index contributed by atoms with van der Waals surface area (Å²) in [4.78, 5) is 13.5. The van der Waals surface area contributed by atoms with E-state index in [1.54, 1.807) is 18.8 Å². The van der Waals surface area contributed by atoms with Crippen LogP contribution in [0.5, 0.6) is 0 Å². The van der Waals surface area contributed by atoms with Crippen molar-refractivity contribution >= 4 is 23.5 Å². The maximum absolute atomic E-state index is 11.2. The zero-order valence-electron chi connectivity index (χ0n) is 10.9. The van der Waals surface area contributed by atoms with Gasteiger partial charge in [0.2, 0.25) is 0 Å². The Kier molecular flexibility index (Phi) is 4.47. The van der Waals surface area contributed by atoms with E-state index in [-0.39, 0.29) is 6.03 Å². The minimum atomic E-state index is -0.209. The molecule has 0 aromatic heterocycles. The average molecular weight is 272 g/mol. The van der Waals surface area contributed by atoms with Gasteiger partial charge in [-0.1, -0.05) is 29.5 Å². The molecule has 0 heterocycles. The molecular weight excluding hydrogens is 256 g/mol. The summed E-state index contributed by atoms with van der Waals surface area (Å²) in [6.07, 6.45) is 0. The zero-order valence-corrected chi connectivity index (χ0v) is 11.8. The van der Waals surface area contributed by atoms with Gasteiger partial charge in [0, 0.05) is 22.5 Å². The lowest BCUT2D eigenvalue weighted by Gasteiger charge is -2.06. The Labute approximate surface area is 117 Å². The third-order valence-electron chi connectivity index (χ3n) is 2.60. The normalized spacial score (nSPS) is 10.0. The molecule has 0 aliphatic heterocycles. The number of aryl methyl sites for hydroxylation is 1. The monoisotopic (exact) mass is 272 g/mol. The molecule has 0 aliphatic carbocycles. The predicted molar refractivity (Wildman–Crippen MR) is 79.8 cm³/mol. The highest BCUT2D eigenvalue weighted by Gasteiger charge is 2.00. The Morgan fingerprint density at radius 1 is 0.947 bits per heavy atom. The van der Waals surface area contributed by atoms with E-state index in [9.17, 15) is 4.79 Å². The van der Waals surface area contributed by atoms with Crippen molar-refractivity contribution in [3.8, 4) is 0 Å². The molecule has 2 aromatic rings. The Hall–Kier alpha value is -1.94. The van der Waals surface area contributed by atoms with Crippen molar-refractivity contribution in [1.29, 1.82) is 0 Å². The van der Waals surface area contributed by atoms with Crippen LogP contribution in [-0.2, 0) is 0 Å². The first-order chi connectivity index (χ1) is 9.17. The summed E-state index contributed by atoms with van der Waals surface area (Å²) in [5.41, 5.74) is 2.04. The van der Waals surface area contributed by atoms with Gasteiger partial charge in [0.25, 0.3) is 0 Å². The molecule has 4 heteroatoms. The van der Waals surface area contributed by atoms with Crippen molar-refractivity contribution in [2.24, 2.45) is 0 Å². The molecule has 0 bridgehead atoms. The number of carbonyl (C=O) groups is 1. The van der Waals surface area contributed by atoms with E-state index in [0.29, 0.717) is 0 Å². The predicted octanol–water partition coefficient (Wildman–Crippen LogP) is 3.90. The SMILES string of the molecule is CNC(=O)Nc1ccc(Sc2ccc(C)cc2)cc1. The number of amides is 2. The van der Waals surface area contributed by atoms with E-state index in [2.05, 4.69) is 41.8 Å². The van der Waals surface area contributed by atoms with Crippen LogP contribution in [0.25, 0.3) is 0 Å². The lowest BCUT2D eigenvalue weighted by molar-refractivity contribution is 0.254. The van der Waals surface area contributed by atoms with E-state index >= 15 is 0 Å². The minimum absolute atomic E-state index is 0.209. The van der Waals surface area contributed by atoms with Crippen LogP contribution in [0.4, 0.5) is 10.5 Å². The van der Waals surface area contributed by atoms with Crippen LogP contribution in [0.1, 0.15) is 5.56 Å². The number of carbonyl (C=O) groups excluding carboxylic acids is 1. The van der Waals surface area contributed by atoms with E-state index < -0.39 is 0 Å². The lowest BCUT2D eigenvalue weighted by atomic mass is 10.2. The fraction of sp³-hybridized carbons (Fsp3) is 0.133. The molecule has 98 valence electrons. The Bertz CT molecular complexity index is 549. The molecule has 0 saturated carbocycles. The maximum Gasteiger partial charge on any atom is 0.318 e. The molecule has 0 aliphatic rings. The number of hydrogen-bond donors (Lipinski definition) is 2. The molecule has 0 radical (unpaired) electrons. The van der Waals surface area contributed by atoms with Crippen LogP contribution >= 0.6 is 11.8 Å². The van der Waals surface area contributed by atoms with E-state index in [1.807, 2.05) is 24.3 Å². The molecule has 0 spiro atoms. The molecule has 3 nitrogen and oxygen atoms in total. The molecule has 2 amide bonds. The van der Waals surface area contributed by atoms with Crippen LogP contribution < -0.4 is 10.6 Å². The van der Waals surface area contributed by atoms with Gasteiger partial charge in [-0.05, 0) is 43.3 Å². The van der Waals surface area contributed by atoms with E-state index in [1.165, 1.54) is 10.5 Å². The molecule has 2 rings (SSSR count). The summed E-state index contributed by atoms with van der Waals surface area (Å²) in [5, 5.41) is 5.25. The lowest BCUT2D eigenvalue weighted by Crippen LogP contribution is -2.24. The summed E-state index contributed by atoms with van der Waals surface area (Å²) < 4.78 is 0. The Balaban J connectivity index is 2.02. The minimum Gasteiger partial charge on any atom is -0.341 e. The number of urea groups is 1. The second-order valence-electron chi connectivity index (χ2n) is 4.14. The highest BCUT2D eigenvalue weighted by Crippen LogP contribution is 2.28. The zero-order chi connectivity index (χ0) is 13.7. The molecule has 19 heavy (non-hydrogen) atoms. The van der Waals surface area contributed by atoms with Gasteiger partial charge in [0.05, 0.1) is 0 Å². The Morgan fingerprint density at radius 3 is 2.00 bits per heavy atom. The Morgan fingerprint density at radius 2 is 1.47 bits per heavy atom. The highest BCUT2D eigenvalue weighted by molar-refractivity contribution is 7.99. The van der Waals surface area contributed by atoms with Gasteiger partial charge < -0.3 is 10.6 Å². The van der Waals surface area contributed by atoms with Gasteiger partial charge in [-0.2, -0.15) is 0 Å². The fourth-order valence-corrected chi connectivity index (χ4v) is 2.36. The maximum atomic E-state index is 11.2. The number of anilines is 1. The largest absolute Gasteiger partial charge is 0.341 e. The third kappa shape index (κ3) is 4.03. The second-order valence-corrected chi connectivity index (χ2v) is 5.29. The van der Waals surface area contributed by atoms with Gasteiger partial charge in [-0.15, -0.1) is 0 Å². The summed E-state index contributed by atoms with van der Waals surface area (Å²) in [6.45, 7) is 2.08. The number of hydrogen-bond acceptors (Lipinski definition) is 2. The first-order valence-electron chi connectivity index (χ1n) is 6.01. The van der Waals surface area contributed by atoms with Crippen LogP contribution in [0.15, 0.2) is 58.3 Å². The fourth-order valence-electron chi connectivity index (χ4n) is 1.54. The summed E-state index contributed by atoms with van der Waals surface area (Å²) in [6, 6.07) is 16.0. The van der Waals surface area contributed by atoms with Crippen molar-refractivity contribution in [2.75, 3.05) is 12.4 Å². The van der Waals surface area contributed by atoms with Gasteiger partial charge in [-0.25, -0.2) is 4.79 Å². The first kappa shape index (κ1) is 13.5. The molecule has 0 unspecified atom stereocenters. The number of nitrogens with one attached hydrogen (secondary N) is 2. The average Bonchev–Trinajstić information content (AvgIpc) is 2.43. The summed E-state index contributed by atoms with van der Waals surface area (Å²) >= 11 is 1.70. The topological polar surface area (TPSA) is 41.1 Å². The number of benzene rings is 2. The van der Waals surface area contributed by atoms with Gasteiger partial charge in [-0.3, -0.25) is 0 Å². The van der Waals surface area contributed by atoms with E-state index in [0.717, 1.165) is 10.6 Å². The van der Waals surface area contributed by atoms with Gasteiger partial charge in [0.15, 0.2) is 0 Å². The second kappa shape index (κ2) is 6.29. The van der Waals surface area contributed by atoms with Crippen molar-refractivity contribution in [2.45, 2.75) is 16.7 Å². The van der Waals surface area contributed by atoms with Crippen LogP contribution in [-0.4, -0.2) is 13.1 Å². The van der Waals surface area contributed by atoms with Crippen molar-refractivity contribution in [1.82, 2.24) is 5.32 Å². The van der Waals surface area contributed by atoms with Gasteiger partial charge >= 0.3 is 6.03 Å². The van der Waals surface area contributed by atoms with E-state index in [4.69, 9.17) is 0 Å². The molecule has 0 saturated heterocycles. The molecule has 0 atom stereocenters. The van der Waals surface area contributed by atoms with Crippen molar-refractivity contribution in [3.05, 3.63) is 54.1 Å². The van der Waals surface area contributed by atoms with Crippen molar-refractivity contribution < 1.29 is 4.79 Å². The first-order valence-corrected chi connectivity index (χ1v) is 6.82. The standard InChI is InChI=1S/C15H16N2OS/c1-11-3-7-13(8-4-11)19-14-9-5-12(6-10-14)17-15(18)16-2/h3-10H,1-2H3,(H2,16,17,18). The smallest absolute Gasteiger partial charge is 0.318 e. The molecule has 0 fully saturated rings. The van der Waals surface area contributed by atoms with Gasteiger partial charge in [0.1, 0.15) is 0 Å². The molecule has 2 N–H and O–H groups in total. The third-order valence-corrected chi connectivity index (χ3v) is 3.61. The number of rotatable bonds is 3. The molecular formula is C15H16N2OS. The van der Waals surface area contributed by atoms with Crippen LogP contribution in [0, 0.1) is 6.92 Å². The molecule has 2 aromatic carbocycles. The summed E-state index contributed by atoms with van der Waals surface area (Å²) in [5.74, 6) is 0. The summed E-state index contributed by atoms with van der Waals surface area (Å²) in [7, 11) is 1.59. The van der Waals surface area contributed by atoms with Crippen LogP contribution in [0.2, 0.25) is 0 Å². The van der Waals surface area contributed by atoms with Crippen molar-refractivity contribution in [3.63, 3.8) is 0 Å².